The molecular weight excluding hydrogens is 619 g/mol. The molecule has 3 heterocycles. The van der Waals surface area contributed by atoms with Crippen molar-refractivity contribution in [2.75, 3.05) is 0 Å². The third-order valence-corrected chi connectivity index (χ3v) is 10.7. The number of para-hydroxylation sites is 2. The molecule has 0 spiro atoms. The molecule has 6 aromatic carbocycles. The molecule has 51 heavy (non-hydrogen) atoms. The van der Waals surface area contributed by atoms with Crippen molar-refractivity contribution in [2.24, 2.45) is 10.9 Å². The van der Waals surface area contributed by atoms with E-state index in [-0.39, 0.29) is 0 Å². The van der Waals surface area contributed by atoms with E-state index in [4.69, 9.17) is 9.98 Å². The van der Waals surface area contributed by atoms with Crippen LogP contribution in [0.3, 0.4) is 0 Å². The zero-order chi connectivity index (χ0) is 33.9. The van der Waals surface area contributed by atoms with Crippen molar-refractivity contribution in [2.45, 2.75) is 19.8 Å². The lowest BCUT2D eigenvalue weighted by atomic mass is 9.82. The van der Waals surface area contributed by atoms with Gasteiger partial charge in [-0.25, -0.2) is 9.98 Å². The summed E-state index contributed by atoms with van der Waals surface area (Å²) in [6.45, 7) is 2.37. The van der Waals surface area contributed by atoms with Gasteiger partial charge in [-0.2, -0.15) is 0 Å². The minimum absolute atomic E-state index is 0.388. The van der Waals surface area contributed by atoms with Gasteiger partial charge in [-0.15, -0.1) is 0 Å². The molecule has 3 nitrogen and oxygen atoms in total. The topological polar surface area (TPSA) is 30.2 Å². The maximum Gasteiger partial charge on any atom is 0.118 e. The molecule has 0 bridgehead atoms. The summed E-state index contributed by atoms with van der Waals surface area (Å²) < 4.78 is 2.45. The first-order valence-electron chi connectivity index (χ1n) is 17.9. The lowest BCUT2D eigenvalue weighted by Gasteiger charge is -2.23. The predicted octanol–water partition coefficient (Wildman–Crippen LogP) is 12.2. The van der Waals surface area contributed by atoms with Crippen LogP contribution in [-0.2, 0) is 6.42 Å². The van der Waals surface area contributed by atoms with E-state index in [0.717, 1.165) is 45.7 Å². The van der Waals surface area contributed by atoms with E-state index in [0.29, 0.717) is 12.3 Å². The van der Waals surface area contributed by atoms with Gasteiger partial charge in [-0.05, 0) is 81.3 Å². The van der Waals surface area contributed by atoms with Crippen LogP contribution in [0.4, 0.5) is 5.69 Å². The highest BCUT2D eigenvalue weighted by molar-refractivity contribution is 6.15. The molecule has 1 aliphatic heterocycles. The average molecular weight is 654 g/mol. The van der Waals surface area contributed by atoms with E-state index < -0.39 is 0 Å². The van der Waals surface area contributed by atoms with Crippen LogP contribution >= 0.6 is 0 Å². The molecule has 1 atom stereocenters. The summed E-state index contributed by atoms with van der Waals surface area (Å²) >= 11 is 0. The number of hydrogen-bond acceptors (Lipinski definition) is 2. The molecule has 0 saturated heterocycles. The highest BCUT2D eigenvalue weighted by atomic mass is 15.1. The SMILES string of the molecule is CC1Cc2c(n(C3=Nc4ccccc4C(c4cc(-c5ccccc5)c5ccccc5n4)=CC3)c3ccc4ccccc4c23)C=C1c1ccccc1. The Morgan fingerprint density at radius 3 is 2.20 bits per heavy atom. The van der Waals surface area contributed by atoms with Gasteiger partial charge in [0.1, 0.15) is 5.84 Å². The summed E-state index contributed by atoms with van der Waals surface area (Å²) in [5.74, 6) is 1.40. The molecule has 8 aromatic rings. The third-order valence-electron chi connectivity index (χ3n) is 10.7. The van der Waals surface area contributed by atoms with Crippen LogP contribution in [0.15, 0.2) is 163 Å². The standard InChI is InChI=1S/C48H35N3/c1-31-28-41-46(30-39(31)32-14-4-2-5-15-32)51(45-26-24-34-18-8-9-19-35(34)48(41)45)47-27-25-38(36-20-10-13-23-43(36)50-47)44-29-40(33-16-6-3-7-17-33)37-21-11-12-22-42(37)49-44/h2-26,29-31H,27-28H2,1H3. The van der Waals surface area contributed by atoms with E-state index in [2.05, 4.69) is 175 Å². The molecule has 2 aliphatic rings. The second-order valence-corrected chi connectivity index (χ2v) is 13.8. The van der Waals surface area contributed by atoms with Crippen molar-refractivity contribution in [1.29, 1.82) is 0 Å². The lowest BCUT2D eigenvalue weighted by Crippen LogP contribution is -2.16. The van der Waals surface area contributed by atoms with Crippen molar-refractivity contribution in [3.05, 3.63) is 186 Å². The Bertz CT molecular complexity index is 2750. The van der Waals surface area contributed by atoms with Crippen LogP contribution in [0.1, 0.15) is 41.4 Å². The fourth-order valence-corrected chi connectivity index (χ4v) is 8.34. The number of aliphatic imine (C=N–C) groups is 1. The molecule has 0 amide bonds. The van der Waals surface area contributed by atoms with Crippen molar-refractivity contribution in [1.82, 2.24) is 9.55 Å². The lowest BCUT2D eigenvalue weighted by molar-refractivity contribution is 0.739. The Kier molecular flexibility index (Phi) is 6.92. The van der Waals surface area contributed by atoms with Gasteiger partial charge in [-0.1, -0.05) is 140 Å². The Labute approximate surface area is 297 Å². The molecular formula is C48H35N3. The quantitative estimate of drug-likeness (QED) is 0.187. The number of benzene rings is 6. The fraction of sp³-hybridized carbons (Fsp3) is 0.0833. The molecule has 2 aromatic heterocycles. The van der Waals surface area contributed by atoms with Crippen LogP contribution in [0.2, 0.25) is 0 Å². The van der Waals surface area contributed by atoms with E-state index in [1.54, 1.807) is 0 Å². The van der Waals surface area contributed by atoms with Gasteiger partial charge in [0.05, 0.1) is 28.1 Å². The van der Waals surface area contributed by atoms with Crippen LogP contribution in [0.25, 0.3) is 60.9 Å². The zero-order valence-corrected chi connectivity index (χ0v) is 28.4. The molecule has 10 rings (SSSR count). The van der Waals surface area contributed by atoms with Gasteiger partial charge in [0.2, 0.25) is 0 Å². The molecule has 3 heteroatoms. The summed E-state index contributed by atoms with van der Waals surface area (Å²) in [4.78, 5) is 10.8. The van der Waals surface area contributed by atoms with Crippen molar-refractivity contribution in [3.63, 3.8) is 0 Å². The fourth-order valence-electron chi connectivity index (χ4n) is 8.34. The molecule has 1 unspecified atom stereocenters. The smallest absolute Gasteiger partial charge is 0.118 e. The summed E-state index contributed by atoms with van der Waals surface area (Å²) in [6.07, 6.45) is 6.42. The van der Waals surface area contributed by atoms with Crippen molar-refractivity contribution in [3.8, 4) is 11.1 Å². The molecule has 242 valence electrons. The van der Waals surface area contributed by atoms with Gasteiger partial charge >= 0.3 is 0 Å². The van der Waals surface area contributed by atoms with Crippen LogP contribution in [0, 0.1) is 5.92 Å². The number of fused-ring (bicyclic) bond motifs is 7. The first kappa shape index (κ1) is 29.6. The number of nitrogens with zero attached hydrogens (tertiary/aromatic N) is 3. The number of rotatable bonds is 3. The molecule has 0 saturated carbocycles. The van der Waals surface area contributed by atoms with E-state index >= 15 is 0 Å². The predicted molar refractivity (Wildman–Crippen MR) is 214 cm³/mol. The largest absolute Gasteiger partial charge is 0.297 e. The van der Waals surface area contributed by atoms with Crippen LogP contribution in [0.5, 0.6) is 0 Å². The average Bonchev–Trinajstić information content (AvgIpc) is 3.38. The Morgan fingerprint density at radius 2 is 1.35 bits per heavy atom. The minimum atomic E-state index is 0.388. The number of allylic oxidation sites excluding steroid dienone is 2. The van der Waals surface area contributed by atoms with E-state index in [1.807, 2.05) is 0 Å². The van der Waals surface area contributed by atoms with Crippen molar-refractivity contribution < 1.29 is 0 Å². The molecule has 0 N–H and O–H groups in total. The number of hydrogen-bond donors (Lipinski definition) is 0. The van der Waals surface area contributed by atoms with Gasteiger partial charge in [0.25, 0.3) is 0 Å². The van der Waals surface area contributed by atoms with E-state index in [1.165, 1.54) is 55.2 Å². The second-order valence-electron chi connectivity index (χ2n) is 13.8. The van der Waals surface area contributed by atoms with Crippen LogP contribution in [-0.4, -0.2) is 15.4 Å². The monoisotopic (exact) mass is 653 g/mol. The highest BCUT2D eigenvalue weighted by Crippen LogP contribution is 2.44. The normalized spacial score (nSPS) is 15.5. The Hall–Kier alpha value is -6.32. The molecule has 0 fully saturated rings. The molecule has 1 aliphatic carbocycles. The summed E-state index contributed by atoms with van der Waals surface area (Å²) in [6, 6.07) is 54.2. The molecule has 0 radical (unpaired) electrons. The maximum absolute atomic E-state index is 5.53. The summed E-state index contributed by atoms with van der Waals surface area (Å²) in [5, 5.41) is 5.06. The number of aromatic nitrogens is 2. The first-order chi connectivity index (χ1) is 25.2. The van der Waals surface area contributed by atoms with Crippen molar-refractivity contribution >= 4 is 61.3 Å². The minimum Gasteiger partial charge on any atom is -0.297 e. The van der Waals surface area contributed by atoms with Gasteiger partial charge in [0, 0.05) is 28.3 Å². The summed E-state index contributed by atoms with van der Waals surface area (Å²) in [7, 11) is 0. The second kappa shape index (κ2) is 11.9. The third kappa shape index (κ3) is 4.88. The van der Waals surface area contributed by atoms with Crippen LogP contribution < -0.4 is 0 Å². The highest BCUT2D eigenvalue weighted by Gasteiger charge is 2.29. The summed E-state index contributed by atoms with van der Waals surface area (Å²) in [5.41, 5.74) is 14.0. The van der Waals surface area contributed by atoms with E-state index in [9.17, 15) is 0 Å². The zero-order valence-electron chi connectivity index (χ0n) is 28.4. The maximum atomic E-state index is 5.53. The van der Waals surface area contributed by atoms with Gasteiger partial charge < -0.3 is 0 Å². The first-order valence-corrected chi connectivity index (χ1v) is 17.9. The van der Waals surface area contributed by atoms with Gasteiger partial charge in [0.15, 0.2) is 0 Å². The van der Waals surface area contributed by atoms with Gasteiger partial charge in [-0.3, -0.25) is 4.57 Å². The Balaban J connectivity index is 1.20. The Morgan fingerprint density at radius 1 is 0.647 bits per heavy atom. The number of pyridine rings is 1.